The summed E-state index contributed by atoms with van der Waals surface area (Å²) in [6.07, 6.45) is 2.54. The van der Waals surface area contributed by atoms with E-state index in [1.807, 2.05) is 6.92 Å². The molecule has 90 valence electrons. The largest absolute Gasteiger partial charge is 0.376 e. The van der Waals surface area contributed by atoms with Gasteiger partial charge in [-0.1, -0.05) is 13.8 Å². The topological polar surface area (TPSA) is 64.3 Å². The number of ether oxygens (including phenoxy) is 1. The van der Waals surface area contributed by atoms with Gasteiger partial charge < -0.3 is 4.74 Å². The van der Waals surface area contributed by atoms with Crippen molar-refractivity contribution in [2.24, 2.45) is 11.8 Å². The van der Waals surface area contributed by atoms with E-state index in [-0.39, 0.29) is 18.1 Å². The molecule has 0 saturated heterocycles. The minimum absolute atomic E-state index is 0.107. The van der Waals surface area contributed by atoms with Gasteiger partial charge in [-0.25, -0.2) is 5.84 Å². The Balaban J connectivity index is 3.63. The van der Waals surface area contributed by atoms with Gasteiger partial charge in [0.05, 0.1) is 12.2 Å². The lowest BCUT2D eigenvalue weighted by Gasteiger charge is -2.20. The zero-order valence-electron chi connectivity index (χ0n) is 10.2. The van der Waals surface area contributed by atoms with E-state index in [9.17, 15) is 4.79 Å². The molecule has 0 saturated carbocycles. The Bertz CT molecular complexity index is 183. The molecule has 0 bridgehead atoms. The molecule has 0 aromatic rings. The molecule has 0 aliphatic rings. The molecule has 0 aliphatic heterocycles. The summed E-state index contributed by atoms with van der Waals surface area (Å²) < 4.78 is 5.74. The second-order valence-corrected chi connectivity index (χ2v) is 4.49. The second-order valence-electron chi connectivity index (χ2n) is 4.49. The summed E-state index contributed by atoms with van der Waals surface area (Å²) in [6, 6.07) is 0. The Morgan fingerprint density at radius 1 is 1.27 bits per heavy atom. The fourth-order valence-electron chi connectivity index (χ4n) is 1.59. The first-order chi connectivity index (χ1) is 6.95. The van der Waals surface area contributed by atoms with Crippen LogP contribution in [0.15, 0.2) is 0 Å². The van der Waals surface area contributed by atoms with Crippen molar-refractivity contribution in [3.05, 3.63) is 0 Å². The van der Waals surface area contributed by atoms with Crippen molar-refractivity contribution < 1.29 is 9.53 Å². The molecule has 1 amide bonds. The Hall–Kier alpha value is -0.610. The van der Waals surface area contributed by atoms with Crippen LogP contribution in [0.4, 0.5) is 0 Å². The molecule has 4 heteroatoms. The van der Waals surface area contributed by atoms with Gasteiger partial charge in [0.25, 0.3) is 0 Å². The first kappa shape index (κ1) is 14.4. The van der Waals surface area contributed by atoms with Crippen LogP contribution in [0.2, 0.25) is 0 Å². The fraction of sp³-hybridized carbons (Fsp3) is 0.909. The molecular weight excluding hydrogens is 192 g/mol. The van der Waals surface area contributed by atoms with E-state index in [1.54, 1.807) is 0 Å². The third kappa shape index (κ3) is 8.39. The number of rotatable bonds is 7. The highest BCUT2D eigenvalue weighted by molar-refractivity contribution is 5.75. The molecule has 2 atom stereocenters. The number of nitrogens with one attached hydrogen (secondary N) is 1. The number of hydrazine groups is 1. The van der Waals surface area contributed by atoms with Crippen LogP contribution in [0.25, 0.3) is 0 Å². The van der Waals surface area contributed by atoms with E-state index in [0.717, 1.165) is 6.42 Å². The van der Waals surface area contributed by atoms with Gasteiger partial charge in [-0.2, -0.15) is 0 Å². The number of hydrogen-bond donors (Lipinski definition) is 2. The lowest BCUT2D eigenvalue weighted by atomic mass is 10.1. The lowest BCUT2D eigenvalue weighted by molar-refractivity contribution is -0.122. The van der Waals surface area contributed by atoms with Gasteiger partial charge in [0.15, 0.2) is 0 Å². The van der Waals surface area contributed by atoms with Crippen LogP contribution in [0.5, 0.6) is 0 Å². The molecule has 0 aliphatic carbocycles. The zero-order chi connectivity index (χ0) is 11.8. The van der Waals surface area contributed by atoms with Crippen LogP contribution >= 0.6 is 0 Å². The van der Waals surface area contributed by atoms with E-state index in [0.29, 0.717) is 18.8 Å². The van der Waals surface area contributed by atoms with E-state index < -0.39 is 0 Å². The summed E-state index contributed by atoms with van der Waals surface area (Å²) in [4.78, 5) is 10.9. The quantitative estimate of drug-likeness (QED) is 0.386. The zero-order valence-corrected chi connectivity index (χ0v) is 10.2. The van der Waals surface area contributed by atoms with Gasteiger partial charge in [0.1, 0.15) is 0 Å². The Kier molecular flexibility index (Phi) is 7.34. The molecule has 0 fully saturated rings. The van der Waals surface area contributed by atoms with E-state index in [1.165, 1.54) is 0 Å². The summed E-state index contributed by atoms with van der Waals surface area (Å²) in [5.74, 6) is 5.49. The average molecular weight is 216 g/mol. The summed E-state index contributed by atoms with van der Waals surface area (Å²) >= 11 is 0. The maximum atomic E-state index is 10.9. The van der Waals surface area contributed by atoms with Gasteiger partial charge in [-0.3, -0.25) is 10.2 Å². The Morgan fingerprint density at radius 2 is 1.87 bits per heavy atom. The molecule has 3 N–H and O–H groups in total. The number of amides is 1. The van der Waals surface area contributed by atoms with Crippen molar-refractivity contribution in [1.82, 2.24) is 5.43 Å². The van der Waals surface area contributed by atoms with Crippen molar-refractivity contribution in [3.8, 4) is 0 Å². The van der Waals surface area contributed by atoms with E-state index in [4.69, 9.17) is 10.6 Å². The van der Waals surface area contributed by atoms with E-state index in [2.05, 4.69) is 26.2 Å². The minimum atomic E-state index is -0.137. The summed E-state index contributed by atoms with van der Waals surface area (Å²) in [5, 5.41) is 0. The summed E-state index contributed by atoms with van der Waals surface area (Å²) in [5.41, 5.74) is 2.11. The fourth-order valence-corrected chi connectivity index (χ4v) is 1.59. The Morgan fingerprint density at radius 3 is 2.33 bits per heavy atom. The van der Waals surface area contributed by atoms with Gasteiger partial charge in [0.2, 0.25) is 5.91 Å². The maximum absolute atomic E-state index is 10.9. The molecule has 2 unspecified atom stereocenters. The van der Waals surface area contributed by atoms with Crippen molar-refractivity contribution in [1.29, 1.82) is 0 Å². The highest BCUT2D eigenvalue weighted by Crippen LogP contribution is 2.12. The number of carbonyl (C=O) groups is 1. The first-order valence-electron chi connectivity index (χ1n) is 5.60. The number of nitrogens with two attached hydrogens (primary N) is 1. The molecule has 0 aromatic carbocycles. The standard InChI is InChI=1S/C11H24N2O2/c1-8(2)7-10(4)15-9(3)5-6-11(14)13-12/h8-10H,5-7,12H2,1-4H3,(H,13,14). The molecular formula is C11H24N2O2. The van der Waals surface area contributed by atoms with Crippen molar-refractivity contribution in [3.63, 3.8) is 0 Å². The lowest BCUT2D eigenvalue weighted by Crippen LogP contribution is -2.31. The normalized spacial score (nSPS) is 15.1. The maximum Gasteiger partial charge on any atom is 0.233 e. The minimum Gasteiger partial charge on any atom is -0.376 e. The molecule has 0 spiro atoms. The van der Waals surface area contributed by atoms with Crippen LogP contribution in [-0.2, 0) is 9.53 Å². The van der Waals surface area contributed by atoms with E-state index >= 15 is 0 Å². The third-order valence-electron chi connectivity index (χ3n) is 2.21. The van der Waals surface area contributed by atoms with Crippen LogP contribution in [0.3, 0.4) is 0 Å². The van der Waals surface area contributed by atoms with Gasteiger partial charge in [0, 0.05) is 6.42 Å². The first-order valence-corrected chi connectivity index (χ1v) is 5.60. The summed E-state index contributed by atoms with van der Waals surface area (Å²) in [7, 11) is 0. The highest BCUT2D eigenvalue weighted by Gasteiger charge is 2.11. The molecule has 0 rings (SSSR count). The predicted octanol–water partition coefficient (Wildman–Crippen LogP) is 1.60. The molecule has 0 heterocycles. The molecule has 15 heavy (non-hydrogen) atoms. The highest BCUT2D eigenvalue weighted by atomic mass is 16.5. The molecule has 0 aromatic heterocycles. The predicted molar refractivity (Wildman–Crippen MR) is 61.0 cm³/mol. The second kappa shape index (κ2) is 7.65. The van der Waals surface area contributed by atoms with Gasteiger partial charge in [-0.05, 0) is 32.6 Å². The smallest absolute Gasteiger partial charge is 0.233 e. The average Bonchev–Trinajstić information content (AvgIpc) is 2.12. The van der Waals surface area contributed by atoms with Gasteiger partial charge in [-0.15, -0.1) is 0 Å². The van der Waals surface area contributed by atoms with Crippen molar-refractivity contribution in [2.45, 2.75) is 59.2 Å². The molecule has 0 radical (unpaired) electrons. The van der Waals surface area contributed by atoms with Crippen LogP contribution in [0, 0.1) is 5.92 Å². The van der Waals surface area contributed by atoms with Crippen LogP contribution in [0.1, 0.15) is 47.0 Å². The van der Waals surface area contributed by atoms with Crippen molar-refractivity contribution in [2.75, 3.05) is 0 Å². The Labute approximate surface area is 92.5 Å². The van der Waals surface area contributed by atoms with Crippen LogP contribution in [-0.4, -0.2) is 18.1 Å². The SMILES string of the molecule is CC(C)CC(C)OC(C)CCC(=O)NN. The van der Waals surface area contributed by atoms with Crippen LogP contribution < -0.4 is 11.3 Å². The molecule has 4 nitrogen and oxygen atoms in total. The number of hydrogen-bond acceptors (Lipinski definition) is 3. The summed E-state index contributed by atoms with van der Waals surface area (Å²) in [6.45, 7) is 8.40. The number of carbonyl (C=O) groups excluding carboxylic acids is 1. The third-order valence-corrected chi connectivity index (χ3v) is 2.21. The van der Waals surface area contributed by atoms with Crippen molar-refractivity contribution >= 4 is 5.91 Å². The monoisotopic (exact) mass is 216 g/mol. The van der Waals surface area contributed by atoms with Gasteiger partial charge >= 0.3 is 0 Å².